The molecule has 1 aromatic carbocycles. The predicted molar refractivity (Wildman–Crippen MR) is 85.4 cm³/mol. The molecule has 1 aliphatic heterocycles. The van der Waals surface area contributed by atoms with E-state index < -0.39 is 0 Å². The molecule has 8 nitrogen and oxygen atoms in total. The molecule has 2 heterocycles. The quantitative estimate of drug-likeness (QED) is 0.851. The first kappa shape index (κ1) is 14.9. The van der Waals surface area contributed by atoms with Gasteiger partial charge in [-0.2, -0.15) is 0 Å². The number of ether oxygens (including phenoxy) is 2. The summed E-state index contributed by atoms with van der Waals surface area (Å²) in [6, 6.07) is 4.87. The highest BCUT2D eigenvalue weighted by Crippen LogP contribution is 2.42. The summed E-state index contributed by atoms with van der Waals surface area (Å²) in [7, 11) is 0. The first-order valence-electron chi connectivity index (χ1n) is 7.50. The number of rotatable bonds is 5. The molecule has 0 saturated heterocycles. The number of hydrogen-bond donors (Lipinski definition) is 2. The molecule has 1 aromatic heterocycles. The van der Waals surface area contributed by atoms with Crippen LogP contribution in [0.3, 0.4) is 0 Å². The Kier molecular flexibility index (Phi) is 3.77. The van der Waals surface area contributed by atoms with E-state index in [0.717, 1.165) is 17.8 Å². The second-order valence-corrected chi connectivity index (χ2v) is 6.53. The lowest BCUT2D eigenvalue weighted by molar-refractivity contribution is -0.115. The summed E-state index contributed by atoms with van der Waals surface area (Å²) in [6.07, 6.45) is 2.27. The van der Waals surface area contributed by atoms with Crippen molar-refractivity contribution >= 4 is 28.3 Å². The van der Waals surface area contributed by atoms with Gasteiger partial charge in [-0.15, -0.1) is 10.2 Å². The summed E-state index contributed by atoms with van der Waals surface area (Å²) in [5.74, 6) is 0.918. The zero-order valence-electron chi connectivity index (χ0n) is 12.6. The van der Waals surface area contributed by atoms with Crippen molar-refractivity contribution in [1.29, 1.82) is 0 Å². The lowest BCUT2D eigenvalue weighted by Crippen LogP contribution is -2.32. The second-order valence-electron chi connectivity index (χ2n) is 5.52. The smallest absolute Gasteiger partial charge is 0.251 e. The van der Waals surface area contributed by atoms with Gasteiger partial charge in [-0.25, -0.2) is 0 Å². The molecule has 1 saturated carbocycles. The van der Waals surface area contributed by atoms with E-state index in [0.29, 0.717) is 28.1 Å². The third-order valence-electron chi connectivity index (χ3n) is 3.66. The van der Waals surface area contributed by atoms with E-state index in [1.165, 1.54) is 11.3 Å². The van der Waals surface area contributed by atoms with Crippen LogP contribution in [0.2, 0.25) is 0 Å². The molecule has 9 heteroatoms. The monoisotopic (exact) mass is 346 g/mol. The van der Waals surface area contributed by atoms with Crippen molar-refractivity contribution in [3.63, 3.8) is 0 Å². The molecule has 1 fully saturated rings. The summed E-state index contributed by atoms with van der Waals surface area (Å²) in [4.78, 5) is 24.0. The van der Waals surface area contributed by atoms with Crippen LogP contribution in [-0.2, 0) is 4.79 Å². The number of aromatic nitrogens is 2. The van der Waals surface area contributed by atoms with Crippen molar-refractivity contribution in [2.75, 3.05) is 18.7 Å². The molecular formula is C15H14N4O4S. The van der Waals surface area contributed by atoms with Gasteiger partial charge in [0.1, 0.15) is 5.01 Å². The van der Waals surface area contributed by atoms with Gasteiger partial charge in [-0.3, -0.25) is 14.9 Å². The van der Waals surface area contributed by atoms with Crippen molar-refractivity contribution in [3.8, 4) is 11.5 Å². The third kappa shape index (κ3) is 3.16. The molecule has 2 aliphatic rings. The molecule has 0 bridgehead atoms. The Balaban J connectivity index is 1.30. The van der Waals surface area contributed by atoms with Crippen molar-refractivity contribution in [3.05, 3.63) is 28.8 Å². The average molecular weight is 346 g/mol. The minimum atomic E-state index is -0.362. The van der Waals surface area contributed by atoms with Gasteiger partial charge in [0.15, 0.2) is 11.5 Å². The van der Waals surface area contributed by atoms with E-state index in [1.54, 1.807) is 18.2 Å². The number of fused-ring (bicyclic) bond motifs is 1. The van der Waals surface area contributed by atoms with E-state index in [1.807, 2.05) is 0 Å². The number of nitrogens with one attached hydrogen (secondary N) is 2. The van der Waals surface area contributed by atoms with Gasteiger partial charge < -0.3 is 14.8 Å². The van der Waals surface area contributed by atoms with Crippen LogP contribution in [0.25, 0.3) is 0 Å². The van der Waals surface area contributed by atoms with E-state index in [2.05, 4.69) is 20.8 Å². The average Bonchev–Trinajstić information content (AvgIpc) is 3.15. The van der Waals surface area contributed by atoms with Crippen LogP contribution in [0.5, 0.6) is 11.5 Å². The van der Waals surface area contributed by atoms with Gasteiger partial charge >= 0.3 is 0 Å². The molecule has 1 aliphatic carbocycles. The zero-order chi connectivity index (χ0) is 16.5. The molecule has 0 unspecified atom stereocenters. The highest BCUT2D eigenvalue weighted by atomic mass is 32.1. The Morgan fingerprint density at radius 3 is 2.88 bits per heavy atom. The van der Waals surface area contributed by atoms with Gasteiger partial charge in [0.2, 0.25) is 17.8 Å². The van der Waals surface area contributed by atoms with Crippen LogP contribution >= 0.6 is 11.3 Å². The van der Waals surface area contributed by atoms with Crippen LogP contribution in [0, 0.1) is 0 Å². The number of hydrogen-bond acceptors (Lipinski definition) is 7. The van der Waals surface area contributed by atoms with Gasteiger partial charge in [-0.1, -0.05) is 11.3 Å². The number of anilines is 1. The van der Waals surface area contributed by atoms with Crippen molar-refractivity contribution in [2.45, 2.75) is 18.8 Å². The molecule has 2 aromatic rings. The van der Waals surface area contributed by atoms with E-state index in [4.69, 9.17) is 9.47 Å². The summed E-state index contributed by atoms with van der Waals surface area (Å²) in [6.45, 7) is -0.000870. The second kappa shape index (κ2) is 6.08. The Hall–Kier alpha value is -2.68. The summed E-state index contributed by atoms with van der Waals surface area (Å²) in [5.41, 5.74) is 0.402. The summed E-state index contributed by atoms with van der Waals surface area (Å²) >= 11 is 1.38. The maximum atomic E-state index is 12.1. The molecule has 2 amide bonds. The fraction of sp³-hybridized carbons (Fsp3) is 0.333. The van der Waals surface area contributed by atoms with Crippen LogP contribution in [0.4, 0.5) is 5.13 Å². The first-order chi connectivity index (χ1) is 11.7. The molecular weight excluding hydrogens is 332 g/mol. The minimum Gasteiger partial charge on any atom is -0.454 e. The molecule has 0 atom stereocenters. The molecule has 2 N–H and O–H groups in total. The lowest BCUT2D eigenvalue weighted by atomic mass is 10.2. The maximum absolute atomic E-state index is 12.1. The molecule has 4 rings (SSSR count). The zero-order valence-corrected chi connectivity index (χ0v) is 13.4. The highest BCUT2D eigenvalue weighted by Gasteiger charge is 2.27. The van der Waals surface area contributed by atoms with E-state index in [-0.39, 0.29) is 25.2 Å². The number of benzene rings is 1. The minimum absolute atomic E-state index is 0.146. The molecule has 0 radical (unpaired) electrons. The van der Waals surface area contributed by atoms with E-state index >= 15 is 0 Å². The Bertz CT molecular complexity index is 803. The Morgan fingerprint density at radius 2 is 2.04 bits per heavy atom. The summed E-state index contributed by atoms with van der Waals surface area (Å²) < 4.78 is 10.4. The topological polar surface area (TPSA) is 102 Å². The Morgan fingerprint density at radius 1 is 1.21 bits per heavy atom. The van der Waals surface area contributed by atoms with Gasteiger partial charge in [0, 0.05) is 11.5 Å². The van der Waals surface area contributed by atoms with Crippen molar-refractivity contribution < 1.29 is 19.1 Å². The molecule has 24 heavy (non-hydrogen) atoms. The normalized spacial score (nSPS) is 15.2. The number of amides is 2. The summed E-state index contributed by atoms with van der Waals surface area (Å²) in [5, 5.41) is 14.6. The fourth-order valence-electron chi connectivity index (χ4n) is 2.24. The van der Waals surface area contributed by atoms with Crippen LogP contribution in [-0.4, -0.2) is 35.3 Å². The predicted octanol–water partition coefficient (Wildman–Crippen LogP) is 1.51. The largest absolute Gasteiger partial charge is 0.454 e. The van der Waals surface area contributed by atoms with Crippen molar-refractivity contribution in [1.82, 2.24) is 15.5 Å². The standard InChI is InChI=1S/C15H14N4O4S/c20-12(17-15-19-18-14(24-15)8-1-2-8)6-16-13(21)9-3-4-10-11(5-9)23-7-22-10/h3-5,8H,1-2,6-7H2,(H,16,21)(H,17,19,20). The van der Waals surface area contributed by atoms with Crippen LogP contribution in [0.1, 0.15) is 34.1 Å². The van der Waals surface area contributed by atoms with Gasteiger partial charge in [0.25, 0.3) is 5.91 Å². The number of nitrogens with zero attached hydrogens (tertiary/aromatic N) is 2. The maximum Gasteiger partial charge on any atom is 0.251 e. The van der Waals surface area contributed by atoms with Crippen LogP contribution in [0.15, 0.2) is 18.2 Å². The highest BCUT2D eigenvalue weighted by molar-refractivity contribution is 7.15. The number of carbonyl (C=O) groups is 2. The fourth-order valence-corrected chi connectivity index (χ4v) is 3.17. The third-order valence-corrected chi connectivity index (χ3v) is 4.66. The number of carbonyl (C=O) groups excluding carboxylic acids is 2. The first-order valence-corrected chi connectivity index (χ1v) is 8.32. The molecule has 124 valence electrons. The van der Waals surface area contributed by atoms with E-state index in [9.17, 15) is 9.59 Å². The lowest BCUT2D eigenvalue weighted by Gasteiger charge is -2.05. The van der Waals surface area contributed by atoms with Crippen molar-refractivity contribution in [2.24, 2.45) is 0 Å². The van der Waals surface area contributed by atoms with Gasteiger partial charge in [0.05, 0.1) is 6.54 Å². The SMILES string of the molecule is O=C(CNC(=O)c1ccc2c(c1)OCO2)Nc1nnc(C2CC2)s1. The molecule has 0 spiro atoms. The van der Waals surface area contributed by atoms with Crippen LogP contribution < -0.4 is 20.1 Å². The van der Waals surface area contributed by atoms with Gasteiger partial charge in [-0.05, 0) is 31.0 Å². The Labute approximate surface area is 141 Å².